The largest absolute Gasteiger partial charge is 0.493 e. The molecule has 142 valence electrons. The van der Waals surface area contributed by atoms with Gasteiger partial charge in [-0.2, -0.15) is 0 Å². The average Bonchev–Trinajstić information content (AvgIpc) is 3.03. The van der Waals surface area contributed by atoms with Crippen molar-refractivity contribution < 1.29 is 14.3 Å². The summed E-state index contributed by atoms with van der Waals surface area (Å²) in [5, 5.41) is 3.20. The van der Waals surface area contributed by atoms with E-state index in [1.807, 2.05) is 42.7 Å². The highest BCUT2D eigenvalue weighted by molar-refractivity contribution is 6.32. The second-order valence-electron chi connectivity index (χ2n) is 5.96. The predicted molar refractivity (Wildman–Crippen MR) is 107 cm³/mol. The second-order valence-corrected chi connectivity index (χ2v) is 6.37. The van der Waals surface area contributed by atoms with Crippen LogP contribution in [0.5, 0.6) is 11.5 Å². The first-order valence-electron chi connectivity index (χ1n) is 8.86. The van der Waals surface area contributed by atoms with Crippen molar-refractivity contribution in [2.75, 3.05) is 19.0 Å². The average molecular weight is 388 g/mol. The van der Waals surface area contributed by atoms with Crippen LogP contribution in [-0.2, 0) is 6.54 Å². The lowest BCUT2D eigenvalue weighted by Crippen LogP contribution is -2.16. The van der Waals surface area contributed by atoms with Gasteiger partial charge in [-0.1, -0.05) is 30.7 Å². The number of nitrogens with zero attached hydrogens (tertiary/aromatic N) is 2. The number of hydrogen-bond acceptors (Lipinski definition) is 4. The summed E-state index contributed by atoms with van der Waals surface area (Å²) >= 11 is 6.31. The van der Waals surface area contributed by atoms with Gasteiger partial charge in [0, 0.05) is 12.1 Å². The van der Waals surface area contributed by atoms with Crippen LogP contribution in [0.4, 0.5) is 5.95 Å². The number of anilines is 1. The Morgan fingerprint density at radius 1 is 1.26 bits per heavy atom. The van der Waals surface area contributed by atoms with Gasteiger partial charge in [0.05, 0.1) is 29.8 Å². The first kappa shape index (κ1) is 19.0. The molecule has 0 fully saturated rings. The molecule has 1 aromatic heterocycles. The molecule has 0 radical (unpaired) electrons. The molecule has 0 saturated heterocycles. The number of amides is 1. The maximum atomic E-state index is 12.8. The standard InChI is InChI=1S/C20H22ClN3O3/c1-4-10-27-18-14(21)11-13(12-17(18)26-3)19(25)23-20-22-15-8-6-7-9-16(15)24(20)5-2/h6-9,11-12H,4-5,10H2,1-3H3,(H,22,23,25). The van der Waals surface area contributed by atoms with Crippen LogP contribution in [0.25, 0.3) is 11.0 Å². The highest BCUT2D eigenvalue weighted by Crippen LogP contribution is 2.36. The Bertz CT molecular complexity index is 969. The van der Waals surface area contributed by atoms with Crippen molar-refractivity contribution in [2.24, 2.45) is 0 Å². The molecule has 0 unspecified atom stereocenters. The Hall–Kier alpha value is -2.73. The highest BCUT2D eigenvalue weighted by atomic mass is 35.5. The molecule has 0 aliphatic rings. The number of ether oxygens (including phenoxy) is 2. The SMILES string of the molecule is CCCOc1c(Cl)cc(C(=O)Nc2nc3ccccc3n2CC)cc1OC. The summed E-state index contributed by atoms with van der Waals surface area (Å²) in [7, 11) is 1.52. The van der Waals surface area contributed by atoms with Crippen molar-refractivity contribution in [3.05, 3.63) is 47.0 Å². The topological polar surface area (TPSA) is 65.4 Å². The Balaban J connectivity index is 1.91. The van der Waals surface area contributed by atoms with E-state index in [1.165, 1.54) is 7.11 Å². The van der Waals surface area contributed by atoms with E-state index in [0.29, 0.717) is 41.2 Å². The zero-order chi connectivity index (χ0) is 19.4. The smallest absolute Gasteiger partial charge is 0.258 e. The van der Waals surface area contributed by atoms with E-state index in [9.17, 15) is 4.79 Å². The first-order chi connectivity index (χ1) is 13.1. The number of methoxy groups -OCH3 is 1. The first-order valence-corrected chi connectivity index (χ1v) is 9.23. The minimum Gasteiger partial charge on any atom is -0.493 e. The molecule has 6 nitrogen and oxygen atoms in total. The molecule has 3 rings (SSSR count). The van der Waals surface area contributed by atoms with Crippen LogP contribution in [-0.4, -0.2) is 29.2 Å². The molecule has 1 heterocycles. The van der Waals surface area contributed by atoms with Crippen LogP contribution in [0, 0.1) is 0 Å². The molecule has 27 heavy (non-hydrogen) atoms. The summed E-state index contributed by atoms with van der Waals surface area (Å²) in [6.07, 6.45) is 0.842. The van der Waals surface area contributed by atoms with Crippen molar-refractivity contribution in [2.45, 2.75) is 26.8 Å². The van der Waals surface area contributed by atoms with E-state index in [0.717, 1.165) is 17.5 Å². The van der Waals surface area contributed by atoms with Gasteiger partial charge in [0.25, 0.3) is 5.91 Å². The van der Waals surface area contributed by atoms with Crippen LogP contribution >= 0.6 is 11.6 Å². The monoisotopic (exact) mass is 387 g/mol. The van der Waals surface area contributed by atoms with E-state index < -0.39 is 0 Å². The molecular weight excluding hydrogens is 366 g/mol. The van der Waals surface area contributed by atoms with Crippen LogP contribution in [0.15, 0.2) is 36.4 Å². The molecule has 0 saturated carbocycles. The lowest BCUT2D eigenvalue weighted by Gasteiger charge is -2.14. The Morgan fingerprint density at radius 2 is 2.04 bits per heavy atom. The molecule has 0 bridgehead atoms. The zero-order valence-electron chi connectivity index (χ0n) is 15.6. The van der Waals surface area contributed by atoms with Crippen molar-refractivity contribution in [3.63, 3.8) is 0 Å². The van der Waals surface area contributed by atoms with Crippen molar-refractivity contribution >= 4 is 34.5 Å². The second kappa shape index (κ2) is 8.31. The molecule has 1 N–H and O–H groups in total. The zero-order valence-corrected chi connectivity index (χ0v) is 16.3. The van der Waals surface area contributed by atoms with Crippen molar-refractivity contribution in [1.82, 2.24) is 9.55 Å². The van der Waals surface area contributed by atoms with Gasteiger partial charge < -0.3 is 14.0 Å². The lowest BCUT2D eigenvalue weighted by molar-refractivity contribution is 0.102. The number of fused-ring (bicyclic) bond motifs is 1. The third-order valence-electron chi connectivity index (χ3n) is 4.14. The summed E-state index contributed by atoms with van der Waals surface area (Å²) in [5.74, 6) is 1.04. The number of halogens is 1. The van der Waals surface area contributed by atoms with Crippen LogP contribution in [0.3, 0.4) is 0 Å². The number of hydrogen-bond donors (Lipinski definition) is 1. The number of benzene rings is 2. The Labute approximate surface area is 163 Å². The third kappa shape index (κ3) is 3.85. The molecule has 0 spiro atoms. The molecule has 7 heteroatoms. The minimum atomic E-state index is -0.317. The van der Waals surface area contributed by atoms with E-state index in [4.69, 9.17) is 21.1 Å². The number of para-hydroxylation sites is 2. The number of rotatable bonds is 7. The maximum Gasteiger partial charge on any atom is 0.258 e. The quantitative estimate of drug-likeness (QED) is 0.634. The predicted octanol–water partition coefficient (Wildman–Crippen LogP) is 4.76. The minimum absolute atomic E-state index is 0.317. The van der Waals surface area contributed by atoms with Gasteiger partial charge >= 0.3 is 0 Å². The van der Waals surface area contributed by atoms with Gasteiger partial charge in [0.2, 0.25) is 5.95 Å². The highest BCUT2D eigenvalue weighted by Gasteiger charge is 2.18. The fourth-order valence-corrected chi connectivity index (χ4v) is 3.13. The summed E-state index contributed by atoms with van der Waals surface area (Å²) in [5.41, 5.74) is 2.17. The molecule has 0 atom stereocenters. The van der Waals surface area contributed by atoms with E-state index >= 15 is 0 Å². The molecule has 2 aromatic carbocycles. The summed E-state index contributed by atoms with van der Waals surface area (Å²) in [4.78, 5) is 17.3. The molecule has 1 amide bonds. The maximum absolute atomic E-state index is 12.8. The van der Waals surface area contributed by atoms with Gasteiger partial charge in [-0.25, -0.2) is 4.98 Å². The summed E-state index contributed by atoms with van der Waals surface area (Å²) in [6, 6.07) is 10.9. The van der Waals surface area contributed by atoms with Crippen molar-refractivity contribution in [3.8, 4) is 11.5 Å². The molecule has 0 aliphatic heterocycles. The van der Waals surface area contributed by atoms with E-state index in [2.05, 4.69) is 10.3 Å². The van der Waals surface area contributed by atoms with Gasteiger partial charge in [-0.15, -0.1) is 0 Å². The number of aryl methyl sites for hydroxylation is 1. The molecule has 3 aromatic rings. The normalized spacial score (nSPS) is 10.8. The van der Waals surface area contributed by atoms with Gasteiger partial charge in [0.1, 0.15) is 0 Å². The third-order valence-corrected chi connectivity index (χ3v) is 4.42. The van der Waals surface area contributed by atoms with Crippen molar-refractivity contribution in [1.29, 1.82) is 0 Å². The van der Waals surface area contributed by atoms with Gasteiger partial charge in [-0.05, 0) is 37.6 Å². The Kier molecular flexibility index (Phi) is 5.86. The number of nitrogens with one attached hydrogen (secondary N) is 1. The number of imidazole rings is 1. The fraction of sp³-hybridized carbons (Fsp3) is 0.300. The number of carbonyl (C=O) groups is 1. The van der Waals surface area contributed by atoms with Gasteiger partial charge in [0.15, 0.2) is 11.5 Å². The fourth-order valence-electron chi connectivity index (χ4n) is 2.86. The summed E-state index contributed by atoms with van der Waals surface area (Å²) in [6.45, 7) is 5.21. The van der Waals surface area contributed by atoms with Crippen LogP contribution < -0.4 is 14.8 Å². The molecule has 0 aliphatic carbocycles. The summed E-state index contributed by atoms with van der Waals surface area (Å²) < 4.78 is 12.9. The van der Waals surface area contributed by atoms with E-state index in [1.54, 1.807) is 12.1 Å². The number of aromatic nitrogens is 2. The lowest BCUT2D eigenvalue weighted by atomic mass is 10.2. The van der Waals surface area contributed by atoms with Crippen LogP contribution in [0.1, 0.15) is 30.6 Å². The van der Waals surface area contributed by atoms with Gasteiger partial charge in [-0.3, -0.25) is 10.1 Å². The van der Waals surface area contributed by atoms with Crippen LogP contribution in [0.2, 0.25) is 5.02 Å². The number of carbonyl (C=O) groups excluding carboxylic acids is 1. The van der Waals surface area contributed by atoms with E-state index in [-0.39, 0.29) is 5.91 Å². The molecular formula is C20H22ClN3O3. The Morgan fingerprint density at radius 3 is 2.74 bits per heavy atom.